The standard InChI is InChI=1S/C14H13BrO2S/c1-3-12(16)14-7-6-13(18-14)10-8-9(17-2)4-5-11(10)15/h4-8H,3H2,1-2H3. The number of ether oxygens (including phenoxy) is 1. The molecule has 2 rings (SSSR count). The van der Waals surface area contributed by atoms with Gasteiger partial charge in [0.2, 0.25) is 0 Å². The van der Waals surface area contributed by atoms with Gasteiger partial charge in [-0.05, 0) is 30.3 Å². The second-order valence-corrected chi connectivity index (χ2v) is 5.72. The maximum atomic E-state index is 11.6. The molecule has 2 nitrogen and oxygen atoms in total. The highest BCUT2D eigenvalue weighted by Gasteiger charge is 2.11. The summed E-state index contributed by atoms with van der Waals surface area (Å²) in [6.07, 6.45) is 0.541. The molecular formula is C14H13BrO2S. The smallest absolute Gasteiger partial charge is 0.172 e. The van der Waals surface area contributed by atoms with Gasteiger partial charge in [-0.25, -0.2) is 0 Å². The molecule has 4 heteroatoms. The summed E-state index contributed by atoms with van der Waals surface area (Å²) in [6, 6.07) is 9.69. The van der Waals surface area contributed by atoms with Crippen LogP contribution in [-0.2, 0) is 0 Å². The van der Waals surface area contributed by atoms with Crippen LogP contribution in [0.15, 0.2) is 34.8 Å². The van der Waals surface area contributed by atoms with E-state index in [1.807, 2.05) is 37.3 Å². The van der Waals surface area contributed by atoms with Crippen molar-refractivity contribution in [1.82, 2.24) is 0 Å². The van der Waals surface area contributed by atoms with Crippen molar-refractivity contribution in [2.45, 2.75) is 13.3 Å². The van der Waals surface area contributed by atoms with Crippen LogP contribution in [-0.4, -0.2) is 12.9 Å². The van der Waals surface area contributed by atoms with Gasteiger partial charge >= 0.3 is 0 Å². The van der Waals surface area contributed by atoms with Crippen molar-refractivity contribution in [2.24, 2.45) is 0 Å². The first-order valence-electron chi connectivity index (χ1n) is 5.62. The van der Waals surface area contributed by atoms with E-state index in [-0.39, 0.29) is 5.78 Å². The van der Waals surface area contributed by atoms with Crippen LogP contribution in [0.1, 0.15) is 23.0 Å². The number of ketones is 1. The molecule has 94 valence electrons. The highest BCUT2D eigenvalue weighted by atomic mass is 79.9. The normalized spacial score (nSPS) is 10.4. The molecule has 0 unspecified atom stereocenters. The minimum absolute atomic E-state index is 0.185. The van der Waals surface area contributed by atoms with E-state index in [1.165, 1.54) is 11.3 Å². The Morgan fingerprint density at radius 3 is 2.78 bits per heavy atom. The third-order valence-corrected chi connectivity index (χ3v) is 4.49. The van der Waals surface area contributed by atoms with Crippen LogP contribution in [0.25, 0.3) is 10.4 Å². The fourth-order valence-electron chi connectivity index (χ4n) is 1.63. The van der Waals surface area contributed by atoms with Crippen molar-refractivity contribution in [1.29, 1.82) is 0 Å². The van der Waals surface area contributed by atoms with Gasteiger partial charge in [-0.15, -0.1) is 11.3 Å². The Hall–Kier alpha value is -1.13. The fourth-order valence-corrected chi connectivity index (χ4v) is 3.26. The zero-order valence-electron chi connectivity index (χ0n) is 10.2. The van der Waals surface area contributed by atoms with Gasteiger partial charge in [-0.2, -0.15) is 0 Å². The molecule has 1 aromatic heterocycles. The topological polar surface area (TPSA) is 26.3 Å². The highest BCUT2D eigenvalue weighted by Crippen LogP contribution is 2.36. The average molecular weight is 325 g/mol. The van der Waals surface area contributed by atoms with Crippen molar-refractivity contribution >= 4 is 33.0 Å². The van der Waals surface area contributed by atoms with Crippen molar-refractivity contribution < 1.29 is 9.53 Å². The summed E-state index contributed by atoms with van der Waals surface area (Å²) in [5.41, 5.74) is 1.05. The summed E-state index contributed by atoms with van der Waals surface area (Å²) in [4.78, 5) is 13.5. The Balaban J connectivity index is 2.42. The van der Waals surface area contributed by atoms with E-state index in [9.17, 15) is 4.79 Å². The summed E-state index contributed by atoms with van der Waals surface area (Å²) in [5, 5.41) is 0. The number of halogens is 1. The molecule has 0 bridgehead atoms. The van der Waals surface area contributed by atoms with Gasteiger partial charge in [-0.3, -0.25) is 4.79 Å². The van der Waals surface area contributed by atoms with Gasteiger partial charge in [0.25, 0.3) is 0 Å². The molecule has 0 saturated heterocycles. The molecule has 0 amide bonds. The maximum Gasteiger partial charge on any atom is 0.172 e. The molecule has 0 atom stereocenters. The zero-order valence-corrected chi connectivity index (χ0v) is 12.6. The first-order chi connectivity index (χ1) is 8.65. The van der Waals surface area contributed by atoms with E-state index < -0.39 is 0 Å². The van der Waals surface area contributed by atoms with Crippen molar-refractivity contribution in [3.8, 4) is 16.2 Å². The zero-order chi connectivity index (χ0) is 13.1. The lowest BCUT2D eigenvalue weighted by Crippen LogP contribution is -1.90. The van der Waals surface area contributed by atoms with Crippen LogP contribution in [0.2, 0.25) is 0 Å². The van der Waals surface area contributed by atoms with Crippen LogP contribution in [0.5, 0.6) is 5.75 Å². The van der Waals surface area contributed by atoms with E-state index >= 15 is 0 Å². The van der Waals surface area contributed by atoms with Crippen LogP contribution in [0.3, 0.4) is 0 Å². The number of benzene rings is 1. The molecule has 0 fully saturated rings. The third-order valence-electron chi connectivity index (χ3n) is 2.64. The number of carbonyl (C=O) groups excluding carboxylic acids is 1. The molecule has 0 saturated carbocycles. The number of hydrogen-bond donors (Lipinski definition) is 0. The van der Waals surface area contributed by atoms with Gasteiger partial charge in [0.15, 0.2) is 5.78 Å². The van der Waals surface area contributed by atoms with E-state index in [2.05, 4.69) is 15.9 Å². The van der Waals surface area contributed by atoms with Crippen molar-refractivity contribution in [3.05, 3.63) is 39.7 Å². The molecule has 0 aliphatic heterocycles. The van der Waals surface area contributed by atoms with Crippen molar-refractivity contribution in [2.75, 3.05) is 7.11 Å². The predicted octanol–water partition coefficient (Wildman–Crippen LogP) is 4.78. The summed E-state index contributed by atoms with van der Waals surface area (Å²) in [7, 11) is 1.65. The lowest BCUT2D eigenvalue weighted by atomic mass is 10.2. The number of carbonyl (C=O) groups is 1. The second kappa shape index (κ2) is 5.67. The number of rotatable bonds is 4. The molecule has 18 heavy (non-hydrogen) atoms. The molecule has 0 N–H and O–H groups in total. The molecule has 1 heterocycles. The van der Waals surface area contributed by atoms with Gasteiger partial charge in [-0.1, -0.05) is 22.9 Å². The number of thiophene rings is 1. The van der Waals surface area contributed by atoms with Crippen LogP contribution >= 0.6 is 27.3 Å². The highest BCUT2D eigenvalue weighted by molar-refractivity contribution is 9.10. The Morgan fingerprint density at radius 2 is 2.11 bits per heavy atom. The average Bonchev–Trinajstić information content (AvgIpc) is 2.88. The van der Waals surface area contributed by atoms with Gasteiger partial charge in [0.1, 0.15) is 5.75 Å². The first kappa shape index (κ1) is 13.3. The lowest BCUT2D eigenvalue weighted by Gasteiger charge is -2.05. The fraction of sp³-hybridized carbons (Fsp3) is 0.214. The largest absolute Gasteiger partial charge is 0.497 e. The van der Waals surface area contributed by atoms with Gasteiger partial charge in [0, 0.05) is 21.3 Å². The summed E-state index contributed by atoms with van der Waals surface area (Å²) in [5.74, 6) is 0.996. The minimum Gasteiger partial charge on any atom is -0.497 e. The Kier molecular flexibility index (Phi) is 4.19. The summed E-state index contributed by atoms with van der Waals surface area (Å²) in [6.45, 7) is 1.88. The lowest BCUT2D eigenvalue weighted by molar-refractivity contribution is 0.0992. The number of methoxy groups -OCH3 is 1. The van der Waals surface area contributed by atoms with Gasteiger partial charge in [0.05, 0.1) is 12.0 Å². The van der Waals surface area contributed by atoms with E-state index in [4.69, 9.17) is 4.74 Å². The van der Waals surface area contributed by atoms with Crippen LogP contribution in [0, 0.1) is 0 Å². The summed E-state index contributed by atoms with van der Waals surface area (Å²) < 4.78 is 6.22. The SMILES string of the molecule is CCC(=O)c1ccc(-c2cc(OC)ccc2Br)s1. The molecule has 0 radical (unpaired) electrons. The minimum atomic E-state index is 0.185. The van der Waals surface area contributed by atoms with Crippen LogP contribution < -0.4 is 4.74 Å². The Labute approximate surface area is 119 Å². The number of Topliss-reactive ketones (excluding diaryl/α,β-unsaturated/α-hetero) is 1. The molecule has 0 aliphatic carbocycles. The predicted molar refractivity (Wildman–Crippen MR) is 78.6 cm³/mol. The second-order valence-electron chi connectivity index (χ2n) is 3.79. The maximum absolute atomic E-state index is 11.6. The van der Waals surface area contributed by atoms with Crippen LogP contribution in [0.4, 0.5) is 0 Å². The quantitative estimate of drug-likeness (QED) is 0.756. The molecule has 1 aromatic carbocycles. The molecule has 0 spiro atoms. The monoisotopic (exact) mass is 324 g/mol. The Bertz CT molecular complexity index is 575. The Morgan fingerprint density at radius 1 is 1.33 bits per heavy atom. The third kappa shape index (κ3) is 2.65. The van der Waals surface area contributed by atoms with E-state index in [0.717, 1.165) is 25.5 Å². The summed E-state index contributed by atoms with van der Waals surface area (Å²) >= 11 is 5.04. The molecule has 0 aliphatic rings. The van der Waals surface area contributed by atoms with Gasteiger partial charge < -0.3 is 4.74 Å². The molecule has 2 aromatic rings. The molecular weight excluding hydrogens is 312 g/mol. The first-order valence-corrected chi connectivity index (χ1v) is 7.23. The van der Waals surface area contributed by atoms with Crippen molar-refractivity contribution in [3.63, 3.8) is 0 Å². The van der Waals surface area contributed by atoms with E-state index in [0.29, 0.717) is 6.42 Å². The van der Waals surface area contributed by atoms with E-state index in [1.54, 1.807) is 7.11 Å². The number of hydrogen-bond acceptors (Lipinski definition) is 3.